The van der Waals surface area contributed by atoms with Gasteiger partial charge in [-0.3, -0.25) is 4.99 Å². The first kappa shape index (κ1) is 5.35. The zero-order valence-corrected chi connectivity index (χ0v) is 5.02. The van der Waals surface area contributed by atoms with Crippen molar-refractivity contribution in [3.63, 3.8) is 0 Å². The Bertz CT molecular complexity index is 124. The monoisotopic (exact) mass is 110 g/mol. The average molecular weight is 110 g/mol. The van der Waals surface area contributed by atoms with E-state index in [0.29, 0.717) is 0 Å². The van der Waals surface area contributed by atoms with Gasteiger partial charge in [0, 0.05) is 12.7 Å². The molecule has 0 radical (unpaired) electrons. The Hall–Kier alpha value is -0.790. The van der Waals surface area contributed by atoms with Gasteiger partial charge in [-0.2, -0.15) is 0 Å². The molecule has 0 aromatic carbocycles. The van der Waals surface area contributed by atoms with Crippen LogP contribution < -0.4 is 5.32 Å². The molecule has 0 saturated carbocycles. The second-order valence-corrected chi connectivity index (χ2v) is 1.94. The molecule has 0 amide bonds. The average Bonchev–Trinajstić information content (AvgIpc) is 1.94. The molecular formula is C6H10N2. The third-order valence-corrected chi connectivity index (χ3v) is 1.13. The summed E-state index contributed by atoms with van der Waals surface area (Å²) in [4.78, 5) is 4.03. The number of aliphatic imine (C=N–C) groups is 1. The Kier molecular flexibility index (Phi) is 1.67. The molecule has 8 heavy (non-hydrogen) atoms. The van der Waals surface area contributed by atoms with Gasteiger partial charge in [-0.1, -0.05) is 5.57 Å². The van der Waals surface area contributed by atoms with Gasteiger partial charge in [0.2, 0.25) is 0 Å². The number of hydrogen-bond acceptors (Lipinski definition) is 2. The summed E-state index contributed by atoms with van der Waals surface area (Å²) in [6, 6.07) is 0. The molecule has 44 valence electrons. The minimum atomic E-state index is 0.926. The van der Waals surface area contributed by atoms with Gasteiger partial charge in [-0.25, -0.2) is 0 Å². The van der Waals surface area contributed by atoms with Crippen LogP contribution >= 0.6 is 0 Å². The molecule has 1 rings (SSSR count). The molecule has 0 fully saturated rings. The van der Waals surface area contributed by atoms with E-state index in [1.54, 1.807) is 6.34 Å². The maximum atomic E-state index is 4.03. The van der Waals surface area contributed by atoms with E-state index in [1.165, 1.54) is 5.57 Å². The molecule has 1 aliphatic rings. The lowest BCUT2D eigenvalue weighted by molar-refractivity contribution is 0.962. The van der Waals surface area contributed by atoms with Crippen LogP contribution in [0.15, 0.2) is 16.8 Å². The second-order valence-electron chi connectivity index (χ2n) is 1.94. The molecule has 0 aromatic heterocycles. The first-order valence-corrected chi connectivity index (χ1v) is 2.79. The summed E-state index contributed by atoms with van der Waals surface area (Å²) in [7, 11) is 0. The number of rotatable bonds is 0. The quantitative estimate of drug-likeness (QED) is 0.492. The molecule has 0 saturated heterocycles. The highest BCUT2D eigenvalue weighted by atomic mass is 14.9. The van der Waals surface area contributed by atoms with Crippen molar-refractivity contribution in [2.75, 3.05) is 6.54 Å². The van der Waals surface area contributed by atoms with Gasteiger partial charge >= 0.3 is 0 Å². The topological polar surface area (TPSA) is 24.4 Å². The molecule has 0 aliphatic carbocycles. The van der Waals surface area contributed by atoms with Gasteiger partial charge < -0.3 is 5.32 Å². The van der Waals surface area contributed by atoms with Gasteiger partial charge in [-0.05, 0) is 13.3 Å². The Morgan fingerprint density at radius 1 is 1.75 bits per heavy atom. The fraction of sp³-hybridized carbons (Fsp3) is 0.500. The smallest absolute Gasteiger partial charge is 0.0863 e. The summed E-state index contributed by atoms with van der Waals surface area (Å²) in [6.45, 7) is 3.02. The highest BCUT2D eigenvalue weighted by Gasteiger charge is 1.89. The van der Waals surface area contributed by atoms with Gasteiger partial charge in [0.05, 0.1) is 6.34 Å². The standard InChI is InChI=1S/C6H10N2/c1-6-2-3-7-5-8-4-6/h4-5H,2-3H2,1H3,(H,7,8). The van der Waals surface area contributed by atoms with Crippen molar-refractivity contribution >= 4 is 6.34 Å². The summed E-state index contributed by atoms with van der Waals surface area (Å²) in [5.74, 6) is 0. The Morgan fingerprint density at radius 2 is 2.62 bits per heavy atom. The minimum absolute atomic E-state index is 0.926. The molecule has 1 N–H and O–H groups in total. The van der Waals surface area contributed by atoms with Crippen LogP contribution in [0, 0.1) is 0 Å². The lowest BCUT2D eigenvalue weighted by Crippen LogP contribution is -1.98. The van der Waals surface area contributed by atoms with Crippen LogP contribution in [0.1, 0.15) is 13.3 Å². The lowest BCUT2D eigenvalue weighted by atomic mass is 10.2. The summed E-state index contributed by atoms with van der Waals surface area (Å²) >= 11 is 0. The van der Waals surface area contributed by atoms with Crippen LogP contribution in [0.2, 0.25) is 0 Å². The molecule has 0 bridgehead atoms. The SMILES string of the molecule is CC1=CNC=NCC1. The van der Waals surface area contributed by atoms with Crippen molar-refractivity contribution in [3.8, 4) is 0 Å². The highest BCUT2D eigenvalue weighted by Crippen LogP contribution is 1.98. The largest absolute Gasteiger partial charge is 0.353 e. The van der Waals surface area contributed by atoms with Crippen LogP contribution in [0.5, 0.6) is 0 Å². The normalized spacial score (nSPS) is 18.9. The first-order valence-electron chi connectivity index (χ1n) is 2.79. The summed E-state index contributed by atoms with van der Waals surface area (Å²) < 4.78 is 0. The number of nitrogens with zero attached hydrogens (tertiary/aromatic N) is 1. The zero-order chi connectivity index (χ0) is 5.82. The van der Waals surface area contributed by atoms with Crippen LogP contribution in [0.4, 0.5) is 0 Å². The molecular weight excluding hydrogens is 100 g/mol. The zero-order valence-electron chi connectivity index (χ0n) is 5.02. The van der Waals surface area contributed by atoms with Crippen molar-refractivity contribution < 1.29 is 0 Å². The Morgan fingerprint density at radius 3 is 3.50 bits per heavy atom. The van der Waals surface area contributed by atoms with Gasteiger partial charge in [0.25, 0.3) is 0 Å². The summed E-state index contributed by atoms with van der Waals surface area (Å²) in [6.07, 6.45) is 4.80. The molecule has 0 spiro atoms. The molecule has 2 heteroatoms. The molecule has 1 aliphatic heterocycles. The maximum absolute atomic E-state index is 4.03. The number of hydrogen-bond donors (Lipinski definition) is 1. The van der Waals surface area contributed by atoms with E-state index in [1.807, 2.05) is 6.20 Å². The second kappa shape index (κ2) is 2.50. The maximum Gasteiger partial charge on any atom is 0.0863 e. The molecule has 0 atom stereocenters. The van der Waals surface area contributed by atoms with Crippen LogP contribution in [0.25, 0.3) is 0 Å². The third kappa shape index (κ3) is 1.37. The van der Waals surface area contributed by atoms with E-state index in [-0.39, 0.29) is 0 Å². The van der Waals surface area contributed by atoms with E-state index in [4.69, 9.17) is 0 Å². The van der Waals surface area contributed by atoms with Gasteiger partial charge in [-0.15, -0.1) is 0 Å². The highest BCUT2D eigenvalue weighted by molar-refractivity contribution is 5.56. The molecule has 0 aromatic rings. The predicted octanol–water partition coefficient (Wildman–Crippen LogP) is 0.912. The summed E-state index contributed by atoms with van der Waals surface area (Å²) in [5.41, 5.74) is 1.36. The van der Waals surface area contributed by atoms with Gasteiger partial charge in [0.15, 0.2) is 0 Å². The van der Waals surface area contributed by atoms with Crippen molar-refractivity contribution in [2.45, 2.75) is 13.3 Å². The third-order valence-electron chi connectivity index (χ3n) is 1.13. The van der Waals surface area contributed by atoms with E-state index < -0.39 is 0 Å². The van der Waals surface area contributed by atoms with Crippen molar-refractivity contribution in [1.29, 1.82) is 0 Å². The molecule has 2 nitrogen and oxygen atoms in total. The van der Waals surface area contributed by atoms with Crippen molar-refractivity contribution in [3.05, 3.63) is 11.8 Å². The fourth-order valence-corrected chi connectivity index (χ4v) is 0.610. The molecule has 1 heterocycles. The van der Waals surface area contributed by atoms with E-state index >= 15 is 0 Å². The van der Waals surface area contributed by atoms with E-state index in [2.05, 4.69) is 17.2 Å². The van der Waals surface area contributed by atoms with Crippen LogP contribution in [0.3, 0.4) is 0 Å². The predicted molar refractivity (Wildman–Crippen MR) is 34.9 cm³/mol. The lowest BCUT2D eigenvalue weighted by Gasteiger charge is -1.89. The fourth-order valence-electron chi connectivity index (χ4n) is 0.610. The van der Waals surface area contributed by atoms with Crippen molar-refractivity contribution in [1.82, 2.24) is 5.32 Å². The Balaban J connectivity index is 2.48. The van der Waals surface area contributed by atoms with Crippen molar-refractivity contribution in [2.24, 2.45) is 4.99 Å². The Labute approximate surface area is 49.3 Å². The molecule has 0 unspecified atom stereocenters. The van der Waals surface area contributed by atoms with E-state index in [0.717, 1.165) is 13.0 Å². The van der Waals surface area contributed by atoms with Crippen LogP contribution in [-0.2, 0) is 0 Å². The number of nitrogens with one attached hydrogen (secondary N) is 1. The van der Waals surface area contributed by atoms with Crippen LogP contribution in [-0.4, -0.2) is 12.9 Å². The summed E-state index contributed by atoms with van der Waals surface area (Å²) in [5, 5.41) is 2.94. The first-order chi connectivity index (χ1) is 3.89. The van der Waals surface area contributed by atoms with E-state index in [9.17, 15) is 0 Å². The minimum Gasteiger partial charge on any atom is -0.353 e. The van der Waals surface area contributed by atoms with Gasteiger partial charge in [0.1, 0.15) is 0 Å².